The molecule has 1 fully saturated rings. The molecule has 1 saturated heterocycles. The van der Waals surface area contributed by atoms with Gasteiger partial charge in [-0.3, -0.25) is 9.69 Å². The molecule has 0 spiro atoms. The number of benzene rings is 2. The van der Waals surface area contributed by atoms with Crippen LogP contribution in [0.15, 0.2) is 76.5 Å². The van der Waals surface area contributed by atoms with E-state index in [1.54, 1.807) is 11.3 Å². The zero-order chi connectivity index (χ0) is 22.5. The van der Waals surface area contributed by atoms with Crippen LogP contribution in [-0.2, 0) is 11.3 Å². The number of thiophene rings is 1. The minimum atomic E-state index is -0.229. The molecule has 0 bridgehead atoms. The fraction of sp³-hybridized carbons (Fsp3) is 0.269. The third kappa shape index (κ3) is 4.95. The lowest BCUT2D eigenvalue weighted by Crippen LogP contribution is -2.43. The third-order valence-corrected chi connectivity index (χ3v) is 6.82. The van der Waals surface area contributed by atoms with E-state index < -0.39 is 0 Å². The van der Waals surface area contributed by atoms with Gasteiger partial charge in [0, 0.05) is 35.5 Å². The molecule has 2 aromatic heterocycles. The molecule has 0 saturated carbocycles. The fourth-order valence-corrected chi connectivity index (χ4v) is 5.01. The largest absolute Gasteiger partial charge is 0.489 e. The number of carbonyl (C=O) groups excluding carboxylic acids is 1. The van der Waals surface area contributed by atoms with Gasteiger partial charge < -0.3 is 19.2 Å². The van der Waals surface area contributed by atoms with E-state index in [9.17, 15) is 4.79 Å². The maximum absolute atomic E-state index is 13.3. The van der Waals surface area contributed by atoms with Crippen molar-refractivity contribution in [3.63, 3.8) is 0 Å². The van der Waals surface area contributed by atoms with Crippen molar-refractivity contribution in [2.45, 2.75) is 12.6 Å². The van der Waals surface area contributed by atoms with Crippen LogP contribution in [0.4, 0.5) is 0 Å². The number of furan rings is 1. The first-order valence-corrected chi connectivity index (χ1v) is 12.0. The smallest absolute Gasteiger partial charge is 0.287 e. The van der Waals surface area contributed by atoms with E-state index in [1.165, 1.54) is 4.88 Å². The highest BCUT2D eigenvalue weighted by Crippen LogP contribution is 2.29. The van der Waals surface area contributed by atoms with Crippen LogP contribution in [0.5, 0.6) is 5.75 Å². The fourth-order valence-electron chi connectivity index (χ4n) is 4.15. The molecule has 5 rings (SSSR count). The van der Waals surface area contributed by atoms with E-state index in [1.807, 2.05) is 60.7 Å². The summed E-state index contributed by atoms with van der Waals surface area (Å²) >= 11 is 1.71. The van der Waals surface area contributed by atoms with Crippen molar-refractivity contribution in [3.8, 4) is 5.75 Å². The lowest BCUT2D eigenvalue weighted by Gasteiger charge is -2.34. The normalized spacial score (nSPS) is 15.4. The molecule has 1 atom stereocenters. The van der Waals surface area contributed by atoms with Gasteiger partial charge in [0.1, 0.15) is 17.9 Å². The molecule has 1 aliphatic heterocycles. The van der Waals surface area contributed by atoms with Gasteiger partial charge in [0.2, 0.25) is 0 Å². The van der Waals surface area contributed by atoms with Gasteiger partial charge in [-0.25, -0.2) is 0 Å². The molecule has 2 aromatic carbocycles. The lowest BCUT2D eigenvalue weighted by atomic mass is 10.1. The molecule has 7 heteroatoms. The maximum atomic E-state index is 13.3. The van der Waals surface area contributed by atoms with Crippen molar-refractivity contribution in [2.75, 3.05) is 32.8 Å². The number of ether oxygens (including phenoxy) is 2. The van der Waals surface area contributed by atoms with Crippen LogP contribution in [0.1, 0.15) is 27.0 Å². The number of carbonyl (C=O) groups is 1. The minimum absolute atomic E-state index is 0.103. The third-order valence-electron chi connectivity index (χ3n) is 5.84. The molecule has 0 aliphatic carbocycles. The van der Waals surface area contributed by atoms with Crippen LogP contribution in [0.2, 0.25) is 0 Å². The van der Waals surface area contributed by atoms with Gasteiger partial charge in [-0.05, 0) is 29.6 Å². The van der Waals surface area contributed by atoms with Gasteiger partial charge in [0.25, 0.3) is 5.91 Å². The number of hydrogen-bond acceptors (Lipinski definition) is 6. The van der Waals surface area contributed by atoms with Gasteiger partial charge in [-0.2, -0.15) is 0 Å². The van der Waals surface area contributed by atoms with E-state index in [2.05, 4.69) is 21.7 Å². The van der Waals surface area contributed by atoms with E-state index in [0.29, 0.717) is 31.1 Å². The summed E-state index contributed by atoms with van der Waals surface area (Å²) in [5.74, 6) is 0.825. The molecule has 4 aromatic rings. The van der Waals surface area contributed by atoms with Crippen molar-refractivity contribution in [1.82, 2.24) is 10.2 Å². The van der Waals surface area contributed by atoms with Crippen molar-refractivity contribution in [1.29, 1.82) is 0 Å². The van der Waals surface area contributed by atoms with E-state index in [4.69, 9.17) is 13.9 Å². The standard InChI is InChI=1S/C26H26N2O4S/c29-26(27-17-22(24-11-6-16-33-24)28-12-14-30-15-13-28)25-21(18-31-19-7-2-1-3-8-19)20-9-4-5-10-23(20)32-25/h1-11,16,22H,12-15,17-18H2,(H,27,29). The summed E-state index contributed by atoms with van der Waals surface area (Å²) in [4.78, 5) is 16.9. The molecule has 0 radical (unpaired) electrons. The Morgan fingerprint density at radius 2 is 1.82 bits per heavy atom. The first-order chi connectivity index (χ1) is 16.3. The van der Waals surface area contributed by atoms with Gasteiger partial charge in [-0.15, -0.1) is 11.3 Å². The first-order valence-electron chi connectivity index (χ1n) is 11.1. The van der Waals surface area contributed by atoms with Crippen LogP contribution in [-0.4, -0.2) is 43.7 Å². The molecular weight excluding hydrogens is 436 g/mol. The predicted molar refractivity (Wildman–Crippen MR) is 129 cm³/mol. The number of nitrogens with one attached hydrogen (secondary N) is 1. The number of hydrogen-bond donors (Lipinski definition) is 1. The van der Waals surface area contributed by atoms with Crippen LogP contribution < -0.4 is 10.1 Å². The highest BCUT2D eigenvalue weighted by molar-refractivity contribution is 7.10. The van der Waals surface area contributed by atoms with E-state index in [-0.39, 0.29) is 18.6 Å². The number of rotatable bonds is 8. The molecule has 1 aliphatic rings. The Labute approximate surface area is 196 Å². The Morgan fingerprint density at radius 1 is 1.03 bits per heavy atom. The summed E-state index contributed by atoms with van der Waals surface area (Å²) in [6.07, 6.45) is 0. The van der Waals surface area contributed by atoms with Crippen LogP contribution in [0.25, 0.3) is 11.0 Å². The Morgan fingerprint density at radius 3 is 2.61 bits per heavy atom. The molecule has 3 heterocycles. The lowest BCUT2D eigenvalue weighted by molar-refractivity contribution is 0.0168. The first kappa shape index (κ1) is 21.7. The number of amides is 1. The Bertz CT molecular complexity index is 1180. The topological polar surface area (TPSA) is 63.9 Å². The summed E-state index contributed by atoms with van der Waals surface area (Å²) < 4.78 is 17.5. The number of nitrogens with zero attached hydrogens (tertiary/aromatic N) is 1. The number of fused-ring (bicyclic) bond motifs is 1. The Hall–Kier alpha value is -3.13. The Balaban J connectivity index is 1.36. The van der Waals surface area contributed by atoms with E-state index in [0.717, 1.165) is 29.8 Å². The van der Waals surface area contributed by atoms with Crippen molar-refractivity contribution in [2.24, 2.45) is 0 Å². The summed E-state index contributed by atoms with van der Waals surface area (Å²) in [5.41, 5.74) is 1.43. The monoisotopic (exact) mass is 462 g/mol. The molecule has 1 amide bonds. The summed E-state index contributed by atoms with van der Waals surface area (Å²) in [7, 11) is 0. The van der Waals surface area contributed by atoms with Gasteiger partial charge >= 0.3 is 0 Å². The van der Waals surface area contributed by atoms with Crippen molar-refractivity contribution >= 4 is 28.2 Å². The predicted octanol–water partition coefficient (Wildman–Crippen LogP) is 4.88. The second-order valence-electron chi connectivity index (χ2n) is 7.90. The zero-order valence-corrected chi connectivity index (χ0v) is 19.1. The van der Waals surface area contributed by atoms with Crippen molar-refractivity contribution < 1.29 is 18.7 Å². The van der Waals surface area contributed by atoms with Crippen LogP contribution >= 0.6 is 11.3 Å². The number of morpholine rings is 1. The maximum Gasteiger partial charge on any atom is 0.287 e. The molecular formula is C26H26N2O4S. The summed E-state index contributed by atoms with van der Waals surface area (Å²) in [5, 5.41) is 6.08. The highest BCUT2D eigenvalue weighted by Gasteiger charge is 2.26. The van der Waals surface area contributed by atoms with Gasteiger partial charge in [0.05, 0.1) is 19.3 Å². The second kappa shape index (κ2) is 10.2. The van der Waals surface area contributed by atoms with Gasteiger partial charge in [-0.1, -0.05) is 42.5 Å². The summed E-state index contributed by atoms with van der Waals surface area (Å²) in [6.45, 7) is 3.86. The molecule has 170 valence electrons. The molecule has 1 unspecified atom stereocenters. The van der Waals surface area contributed by atoms with Crippen LogP contribution in [0, 0.1) is 0 Å². The Kier molecular flexibility index (Phi) is 6.71. The molecule has 6 nitrogen and oxygen atoms in total. The second-order valence-corrected chi connectivity index (χ2v) is 8.88. The number of para-hydroxylation sites is 2. The highest BCUT2D eigenvalue weighted by atomic mass is 32.1. The van der Waals surface area contributed by atoms with Crippen LogP contribution in [0.3, 0.4) is 0 Å². The SMILES string of the molecule is O=C(NCC(c1cccs1)N1CCOCC1)c1oc2ccccc2c1COc1ccccc1. The van der Waals surface area contributed by atoms with E-state index >= 15 is 0 Å². The molecule has 1 N–H and O–H groups in total. The molecule has 33 heavy (non-hydrogen) atoms. The quantitative estimate of drug-likeness (QED) is 0.405. The average molecular weight is 463 g/mol. The average Bonchev–Trinajstić information content (AvgIpc) is 3.52. The summed E-state index contributed by atoms with van der Waals surface area (Å²) in [6, 6.07) is 21.5. The zero-order valence-electron chi connectivity index (χ0n) is 18.2. The minimum Gasteiger partial charge on any atom is -0.489 e. The van der Waals surface area contributed by atoms with Gasteiger partial charge in [0.15, 0.2) is 5.76 Å². The van der Waals surface area contributed by atoms with Crippen molar-refractivity contribution in [3.05, 3.63) is 88.3 Å².